The van der Waals surface area contributed by atoms with Crippen LogP contribution in [0.5, 0.6) is 0 Å². The minimum absolute atomic E-state index is 0.250. The number of aliphatic carboxylic acids is 2. The third kappa shape index (κ3) is 8.97. The highest BCUT2D eigenvalue weighted by Gasteiger charge is 2.26. The van der Waals surface area contributed by atoms with Gasteiger partial charge >= 0.3 is 11.9 Å². The summed E-state index contributed by atoms with van der Waals surface area (Å²) in [6, 6.07) is -1.31. The van der Waals surface area contributed by atoms with Gasteiger partial charge in [0, 0.05) is 12.4 Å². The molecule has 0 spiro atoms. The van der Waals surface area contributed by atoms with Crippen LogP contribution in [0.4, 0.5) is 0 Å². The van der Waals surface area contributed by atoms with Crippen LogP contribution < -0.4 is 10.8 Å². The molecule has 0 fully saturated rings. The second-order valence-electron chi connectivity index (χ2n) is 5.31. The third-order valence-electron chi connectivity index (χ3n) is 2.13. The molecule has 0 aliphatic heterocycles. The Morgan fingerprint density at radius 3 is 2.16 bits per heavy atom. The largest absolute Gasteiger partial charge is 0.550 e. The third-order valence-corrected chi connectivity index (χ3v) is 2.13. The average molecular weight is 276 g/mol. The molecule has 0 aromatic heterocycles. The van der Waals surface area contributed by atoms with Crippen molar-refractivity contribution in [1.82, 2.24) is 0 Å². The Kier molecular flexibility index (Phi) is 6.43. The van der Waals surface area contributed by atoms with E-state index in [-0.39, 0.29) is 6.54 Å². The molecule has 0 aliphatic rings. The number of esters is 1. The number of quaternary nitrogens is 1. The smallest absolute Gasteiger partial charge is 0.324 e. The summed E-state index contributed by atoms with van der Waals surface area (Å²) in [4.78, 5) is 32.5. The van der Waals surface area contributed by atoms with Crippen molar-refractivity contribution in [2.75, 3.05) is 27.7 Å². The van der Waals surface area contributed by atoms with Crippen molar-refractivity contribution in [2.24, 2.45) is 5.73 Å². The summed E-state index contributed by atoms with van der Waals surface area (Å²) in [5, 5.41) is 19.1. The molecule has 0 saturated heterocycles. The SMILES string of the molecule is C[N+](C)(C)CC(CC(=O)[O-])OC(=O)[C@@H](N)CC(=O)O. The summed E-state index contributed by atoms with van der Waals surface area (Å²) in [6.07, 6.45) is -1.93. The lowest BCUT2D eigenvalue weighted by Crippen LogP contribution is -2.47. The zero-order chi connectivity index (χ0) is 15.2. The molecule has 0 aromatic carbocycles. The van der Waals surface area contributed by atoms with E-state index in [9.17, 15) is 19.5 Å². The number of hydrogen-bond donors (Lipinski definition) is 2. The Morgan fingerprint density at radius 1 is 1.26 bits per heavy atom. The van der Waals surface area contributed by atoms with E-state index < -0.39 is 42.9 Å². The zero-order valence-electron chi connectivity index (χ0n) is 11.3. The highest BCUT2D eigenvalue weighted by Crippen LogP contribution is 2.06. The van der Waals surface area contributed by atoms with Crippen molar-refractivity contribution in [1.29, 1.82) is 0 Å². The summed E-state index contributed by atoms with van der Waals surface area (Å²) in [5.74, 6) is -3.51. The number of nitrogens with zero attached hydrogens (tertiary/aromatic N) is 1. The molecular formula is C11H20N2O6. The molecule has 19 heavy (non-hydrogen) atoms. The highest BCUT2D eigenvalue weighted by molar-refractivity contribution is 5.82. The second kappa shape index (κ2) is 7.05. The number of carboxylic acids is 2. The van der Waals surface area contributed by atoms with Gasteiger partial charge in [-0.05, 0) is 0 Å². The highest BCUT2D eigenvalue weighted by atomic mass is 16.5. The van der Waals surface area contributed by atoms with Gasteiger partial charge in [0.05, 0.1) is 27.6 Å². The van der Waals surface area contributed by atoms with Gasteiger partial charge in [-0.2, -0.15) is 0 Å². The van der Waals surface area contributed by atoms with Crippen LogP contribution in [0.3, 0.4) is 0 Å². The van der Waals surface area contributed by atoms with Crippen LogP contribution in [0.25, 0.3) is 0 Å². The van der Waals surface area contributed by atoms with Crippen molar-refractivity contribution in [3.05, 3.63) is 0 Å². The fourth-order valence-electron chi connectivity index (χ4n) is 1.46. The molecule has 1 unspecified atom stereocenters. The fourth-order valence-corrected chi connectivity index (χ4v) is 1.46. The Labute approximate surface area is 111 Å². The Morgan fingerprint density at radius 2 is 1.79 bits per heavy atom. The topological polar surface area (TPSA) is 130 Å². The molecule has 0 rings (SSSR count). The number of rotatable bonds is 8. The van der Waals surface area contributed by atoms with E-state index in [1.54, 1.807) is 21.1 Å². The molecule has 0 radical (unpaired) electrons. The number of carbonyl (C=O) groups excluding carboxylic acids is 2. The second-order valence-corrected chi connectivity index (χ2v) is 5.31. The van der Waals surface area contributed by atoms with Gasteiger partial charge < -0.3 is 30.0 Å². The van der Waals surface area contributed by atoms with Crippen molar-refractivity contribution in [3.63, 3.8) is 0 Å². The summed E-state index contributed by atoms with van der Waals surface area (Å²) in [5.41, 5.74) is 5.34. The molecule has 0 aliphatic carbocycles. The van der Waals surface area contributed by atoms with Gasteiger partial charge in [-0.15, -0.1) is 0 Å². The fraction of sp³-hybridized carbons (Fsp3) is 0.727. The van der Waals surface area contributed by atoms with Gasteiger partial charge in [-0.3, -0.25) is 9.59 Å². The minimum Gasteiger partial charge on any atom is -0.550 e. The van der Waals surface area contributed by atoms with E-state index in [0.29, 0.717) is 4.48 Å². The standard InChI is InChI=1S/C11H20N2O6/c1-13(2,3)6-7(4-9(14)15)19-11(18)8(12)5-10(16)17/h7-8H,4-6,12H2,1-3H3,(H-,14,15,16,17)/t7?,8-/m0/s1. The van der Waals surface area contributed by atoms with Crippen LogP contribution in [0.15, 0.2) is 0 Å². The Balaban J connectivity index is 4.58. The molecule has 0 heterocycles. The van der Waals surface area contributed by atoms with Crippen LogP contribution in [0.2, 0.25) is 0 Å². The van der Waals surface area contributed by atoms with Gasteiger partial charge in [-0.1, -0.05) is 0 Å². The van der Waals surface area contributed by atoms with Crippen LogP contribution in [-0.2, 0) is 19.1 Å². The van der Waals surface area contributed by atoms with Crippen LogP contribution >= 0.6 is 0 Å². The summed E-state index contributed by atoms with van der Waals surface area (Å²) in [7, 11) is 5.40. The average Bonchev–Trinajstić information content (AvgIpc) is 2.11. The molecule has 8 heteroatoms. The van der Waals surface area contributed by atoms with E-state index >= 15 is 0 Å². The van der Waals surface area contributed by atoms with Crippen LogP contribution in [-0.4, -0.2) is 67.3 Å². The zero-order valence-corrected chi connectivity index (χ0v) is 11.3. The molecular weight excluding hydrogens is 256 g/mol. The molecule has 0 saturated carbocycles. The van der Waals surface area contributed by atoms with E-state index in [1.165, 1.54) is 0 Å². The summed E-state index contributed by atoms with van der Waals surface area (Å²) in [6.45, 7) is 0.250. The number of carboxylic acid groups (broad SMARTS) is 2. The molecule has 8 nitrogen and oxygen atoms in total. The first-order chi connectivity index (χ1) is 8.51. The normalized spacial score (nSPS) is 14.5. The maximum Gasteiger partial charge on any atom is 0.324 e. The monoisotopic (exact) mass is 276 g/mol. The molecule has 2 atom stereocenters. The molecule has 3 N–H and O–H groups in total. The van der Waals surface area contributed by atoms with Crippen LogP contribution in [0.1, 0.15) is 12.8 Å². The summed E-state index contributed by atoms with van der Waals surface area (Å²) < 4.78 is 5.31. The molecule has 0 bridgehead atoms. The first-order valence-electron chi connectivity index (χ1n) is 5.69. The number of ether oxygens (including phenoxy) is 1. The van der Waals surface area contributed by atoms with Gasteiger partial charge in [0.1, 0.15) is 12.6 Å². The predicted molar refractivity (Wildman–Crippen MR) is 62.6 cm³/mol. The molecule has 0 amide bonds. The maximum absolute atomic E-state index is 11.5. The van der Waals surface area contributed by atoms with E-state index in [0.717, 1.165) is 0 Å². The van der Waals surface area contributed by atoms with Crippen molar-refractivity contribution >= 4 is 17.9 Å². The van der Waals surface area contributed by atoms with Gasteiger partial charge in [0.25, 0.3) is 0 Å². The predicted octanol–water partition coefficient (Wildman–Crippen LogP) is -2.45. The van der Waals surface area contributed by atoms with Crippen LogP contribution in [0, 0.1) is 0 Å². The number of likely N-dealkylation sites (N-methyl/N-ethyl adjacent to an activating group) is 1. The van der Waals surface area contributed by atoms with E-state index in [4.69, 9.17) is 15.6 Å². The lowest BCUT2D eigenvalue weighted by molar-refractivity contribution is -0.873. The number of hydrogen-bond acceptors (Lipinski definition) is 6. The quantitative estimate of drug-likeness (QED) is 0.371. The van der Waals surface area contributed by atoms with Crippen molar-refractivity contribution < 1.29 is 33.8 Å². The lowest BCUT2D eigenvalue weighted by Gasteiger charge is -2.29. The first kappa shape index (κ1) is 17.3. The Hall–Kier alpha value is -1.67. The first-order valence-corrected chi connectivity index (χ1v) is 5.69. The van der Waals surface area contributed by atoms with Gasteiger partial charge in [-0.25, -0.2) is 0 Å². The molecule has 0 aromatic rings. The van der Waals surface area contributed by atoms with Gasteiger partial charge in [0.15, 0.2) is 6.10 Å². The number of carbonyl (C=O) groups is 3. The number of nitrogens with two attached hydrogens (primary N) is 1. The minimum atomic E-state index is -1.35. The van der Waals surface area contributed by atoms with Crippen molar-refractivity contribution in [3.8, 4) is 0 Å². The Bertz CT molecular complexity index is 350. The van der Waals surface area contributed by atoms with Crippen molar-refractivity contribution in [2.45, 2.75) is 25.0 Å². The van der Waals surface area contributed by atoms with E-state index in [1.807, 2.05) is 0 Å². The lowest BCUT2D eigenvalue weighted by atomic mass is 10.2. The summed E-state index contributed by atoms with van der Waals surface area (Å²) >= 11 is 0. The molecule has 110 valence electrons. The maximum atomic E-state index is 11.5. The van der Waals surface area contributed by atoms with E-state index in [2.05, 4.69) is 0 Å². The van der Waals surface area contributed by atoms with Gasteiger partial charge in [0.2, 0.25) is 0 Å².